The Morgan fingerprint density at radius 3 is 2.72 bits per heavy atom. The molecular weight excluding hydrogens is 368 g/mol. The highest BCUT2D eigenvalue weighted by Gasteiger charge is 2.56. The third kappa shape index (κ3) is 3.28. The van der Waals surface area contributed by atoms with Gasteiger partial charge in [0, 0.05) is 68.2 Å². The molecule has 7 heteroatoms. The molecule has 1 aromatic heterocycles. The van der Waals surface area contributed by atoms with Crippen LogP contribution in [0.3, 0.4) is 0 Å². The van der Waals surface area contributed by atoms with Crippen molar-refractivity contribution in [1.29, 1.82) is 0 Å². The molecule has 3 fully saturated rings. The van der Waals surface area contributed by atoms with Crippen LogP contribution in [0.25, 0.3) is 10.9 Å². The van der Waals surface area contributed by atoms with Crippen LogP contribution in [0.4, 0.5) is 0 Å². The largest absolute Gasteiger partial charge is 0.361 e. The van der Waals surface area contributed by atoms with Crippen LogP contribution in [0.2, 0.25) is 0 Å². The number of aromatic amines is 1. The van der Waals surface area contributed by atoms with E-state index in [2.05, 4.69) is 10.3 Å². The van der Waals surface area contributed by atoms with Gasteiger partial charge in [-0.25, -0.2) is 0 Å². The molecule has 3 amide bonds. The monoisotopic (exact) mass is 394 g/mol. The second kappa shape index (κ2) is 6.90. The van der Waals surface area contributed by atoms with Crippen molar-refractivity contribution in [2.75, 3.05) is 33.2 Å². The fourth-order valence-corrected chi connectivity index (χ4v) is 5.10. The first kappa shape index (κ1) is 18.2. The molecule has 1 aliphatic carbocycles. The van der Waals surface area contributed by atoms with E-state index in [0.29, 0.717) is 24.3 Å². The Balaban J connectivity index is 1.09. The molecule has 3 atom stereocenters. The van der Waals surface area contributed by atoms with E-state index in [4.69, 9.17) is 0 Å². The van der Waals surface area contributed by atoms with E-state index < -0.39 is 0 Å². The summed E-state index contributed by atoms with van der Waals surface area (Å²) in [6.07, 6.45) is 2.93. The molecule has 3 unspecified atom stereocenters. The van der Waals surface area contributed by atoms with E-state index in [-0.39, 0.29) is 30.1 Å². The summed E-state index contributed by atoms with van der Waals surface area (Å²) >= 11 is 0. The lowest BCUT2D eigenvalue weighted by atomic mass is 10.0. The van der Waals surface area contributed by atoms with Crippen molar-refractivity contribution in [1.82, 2.24) is 20.1 Å². The first-order valence-electron chi connectivity index (χ1n) is 10.4. The maximum atomic E-state index is 12.8. The van der Waals surface area contributed by atoms with Crippen molar-refractivity contribution in [3.8, 4) is 0 Å². The smallest absolute Gasteiger partial charge is 0.253 e. The van der Waals surface area contributed by atoms with E-state index in [1.807, 2.05) is 35.4 Å². The van der Waals surface area contributed by atoms with Crippen molar-refractivity contribution in [3.63, 3.8) is 0 Å². The average Bonchev–Trinajstić information content (AvgIpc) is 3.13. The fourth-order valence-electron chi connectivity index (χ4n) is 5.10. The maximum absolute atomic E-state index is 12.8. The predicted molar refractivity (Wildman–Crippen MR) is 108 cm³/mol. The van der Waals surface area contributed by atoms with Crippen LogP contribution in [-0.4, -0.2) is 65.7 Å². The van der Waals surface area contributed by atoms with E-state index >= 15 is 0 Å². The third-order valence-corrected chi connectivity index (χ3v) is 6.96. The molecule has 2 aromatic rings. The van der Waals surface area contributed by atoms with E-state index in [0.717, 1.165) is 42.5 Å². The van der Waals surface area contributed by atoms with Crippen LogP contribution in [0, 0.1) is 23.7 Å². The molecule has 3 heterocycles. The zero-order chi connectivity index (χ0) is 20.1. The number of H-pyrrole nitrogens is 1. The molecule has 5 rings (SSSR count). The summed E-state index contributed by atoms with van der Waals surface area (Å²) in [5.41, 5.74) is 1.77. The number of hydrogen-bond acceptors (Lipinski definition) is 3. The highest BCUT2D eigenvalue weighted by atomic mass is 16.2. The lowest BCUT2D eigenvalue weighted by Gasteiger charge is -2.20. The molecule has 0 bridgehead atoms. The minimum absolute atomic E-state index is 0.0311. The number of carbonyl (C=O) groups is 3. The predicted octanol–water partition coefficient (Wildman–Crippen LogP) is 1.47. The number of benzene rings is 1. The number of carbonyl (C=O) groups excluding carboxylic acids is 3. The van der Waals surface area contributed by atoms with E-state index in [1.165, 1.54) is 0 Å². The molecule has 0 spiro atoms. The van der Waals surface area contributed by atoms with E-state index in [1.54, 1.807) is 11.9 Å². The van der Waals surface area contributed by atoms with Gasteiger partial charge in [0.15, 0.2) is 0 Å². The van der Waals surface area contributed by atoms with Crippen LogP contribution in [0.1, 0.15) is 23.2 Å². The minimum Gasteiger partial charge on any atom is -0.361 e. The zero-order valence-corrected chi connectivity index (χ0v) is 16.6. The number of hydrogen-bond donors (Lipinski definition) is 2. The van der Waals surface area contributed by atoms with Gasteiger partial charge < -0.3 is 20.1 Å². The van der Waals surface area contributed by atoms with Gasteiger partial charge in [-0.1, -0.05) is 0 Å². The van der Waals surface area contributed by atoms with Gasteiger partial charge in [-0.15, -0.1) is 0 Å². The second-order valence-electron chi connectivity index (χ2n) is 8.73. The van der Waals surface area contributed by atoms with Gasteiger partial charge in [-0.05, 0) is 48.4 Å². The Morgan fingerprint density at radius 2 is 2.00 bits per heavy atom. The molecular formula is C22H26N4O3. The molecule has 2 aliphatic heterocycles. The molecule has 2 N–H and O–H groups in total. The number of rotatable bonds is 5. The second-order valence-corrected chi connectivity index (χ2v) is 8.73. The molecule has 1 aromatic carbocycles. The Hall–Kier alpha value is -2.83. The van der Waals surface area contributed by atoms with Crippen LogP contribution in [-0.2, 0) is 9.59 Å². The van der Waals surface area contributed by atoms with Gasteiger partial charge in [0.2, 0.25) is 11.8 Å². The zero-order valence-electron chi connectivity index (χ0n) is 16.6. The Bertz CT molecular complexity index is 971. The van der Waals surface area contributed by atoms with Crippen molar-refractivity contribution < 1.29 is 14.4 Å². The Labute approximate surface area is 169 Å². The topological polar surface area (TPSA) is 85.5 Å². The number of amides is 3. The number of fused-ring (bicyclic) bond motifs is 2. The molecule has 0 radical (unpaired) electrons. The summed E-state index contributed by atoms with van der Waals surface area (Å²) in [6.45, 7) is 2.93. The minimum atomic E-state index is -0.163. The summed E-state index contributed by atoms with van der Waals surface area (Å²) in [5, 5.41) is 4.06. The van der Waals surface area contributed by atoms with Gasteiger partial charge in [0.1, 0.15) is 0 Å². The standard InChI is InChI=1S/C22H26N4O3/c1-25-7-5-15(21(25)28)9-20(27)24-10-16-17-11-26(12-18(16)17)22(29)14-2-3-19-13(8-14)4-6-23-19/h2-4,6,8,15-18,23H,5,7,9-12H2,1H3,(H,24,27). The van der Waals surface area contributed by atoms with Crippen molar-refractivity contribution in [2.24, 2.45) is 23.7 Å². The SMILES string of the molecule is CN1CCC(CC(=O)NCC2C3CN(C(=O)c4ccc5[nH]ccc5c4)CC23)C1=O. The fraction of sp³-hybridized carbons (Fsp3) is 0.500. The lowest BCUT2D eigenvalue weighted by molar-refractivity contribution is -0.133. The molecule has 7 nitrogen and oxygen atoms in total. The number of piperidine rings is 1. The van der Waals surface area contributed by atoms with Gasteiger partial charge >= 0.3 is 0 Å². The first-order valence-corrected chi connectivity index (χ1v) is 10.4. The maximum Gasteiger partial charge on any atom is 0.253 e. The molecule has 2 saturated heterocycles. The van der Waals surface area contributed by atoms with Gasteiger partial charge in [-0.3, -0.25) is 14.4 Å². The Kier molecular flexibility index (Phi) is 4.33. The highest BCUT2D eigenvalue weighted by molar-refractivity contribution is 5.98. The number of likely N-dealkylation sites (tertiary alicyclic amines) is 2. The molecule has 1 saturated carbocycles. The van der Waals surface area contributed by atoms with Crippen LogP contribution in [0.5, 0.6) is 0 Å². The van der Waals surface area contributed by atoms with Gasteiger partial charge in [0.05, 0.1) is 0 Å². The molecule has 29 heavy (non-hydrogen) atoms. The van der Waals surface area contributed by atoms with Gasteiger partial charge in [-0.2, -0.15) is 0 Å². The summed E-state index contributed by atoms with van der Waals surface area (Å²) in [7, 11) is 1.79. The van der Waals surface area contributed by atoms with Crippen LogP contribution >= 0.6 is 0 Å². The normalized spacial score (nSPS) is 28.1. The summed E-state index contributed by atoms with van der Waals surface area (Å²) in [4.78, 5) is 43.7. The Morgan fingerprint density at radius 1 is 1.21 bits per heavy atom. The highest BCUT2D eigenvalue weighted by Crippen LogP contribution is 2.51. The summed E-state index contributed by atoms with van der Waals surface area (Å²) in [6, 6.07) is 7.75. The van der Waals surface area contributed by atoms with Crippen LogP contribution < -0.4 is 5.32 Å². The first-order chi connectivity index (χ1) is 14.0. The average molecular weight is 394 g/mol. The summed E-state index contributed by atoms with van der Waals surface area (Å²) in [5.74, 6) is 1.39. The van der Waals surface area contributed by atoms with Crippen LogP contribution in [0.15, 0.2) is 30.5 Å². The molecule has 3 aliphatic rings. The number of aromatic nitrogens is 1. The quantitative estimate of drug-likeness (QED) is 0.805. The third-order valence-electron chi connectivity index (χ3n) is 6.96. The lowest BCUT2D eigenvalue weighted by Crippen LogP contribution is -2.35. The van der Waals surface area contributed by atoms with Crippen molar-refractivity contribution >= 4 is 28.6 Å². The van der Waals surface area contributed by atoms with Crippen molar-refractivity contribution in [2.45, 2.75) is 12.8 Å². The van der Waals surface area contributed by atoms with E-state index in [9.17, 15) is 14.4 Å². The summed E-state index contributed by atoms with van der Waals surface area (Å²) < 4.78 is 0. The van der Waals surface area contributed by atoms with Crippen molar-refractivity contribution in [3.05, 3.63) is 36.0 Å². The number of nitrogens with zero attached hydrogens (tertiary/aromatic N) is 2. The van der Waals surface area contributed by atoms with Gasteiger partial charge in [0.25, 0.3) is 5.91 Å². The number of nitrogens with one attached hydrogen (secondary N) is 2. The molecule has 152 valence electrons.